The summed E-state index contributed by atoms with van der Waals surface area (Å²) in [5.74, 6) is -0.119. The molecule has 2 fully saturated rings. The van der Waals surface area contributed by atoms with Crippen molar-refractivity contribution in [3.63, 3.8) is 0 Å². The van der Waals surface area contributed by atoms with Gasteiger partial charge in [-0.2, -0.15) is 0 Å². The number of aryl methyl sites for hydroxylation is 1. The van der Waals surface area contributed by atoms with E-state index in [4.69, 9.17) is 4.74 Å². The van der Waals surface area contributed by atoms with Crippen LogP contribution in [0.15, 0.2) is 48.7 Å². The second kappa shape index (κ2) is 9.08. The van der Waals surface area contributed by atoms with Gasteiger partial charge in [-0.3, -0.25) is 9.78 Å². The first-order valence-electron chi connectivity index (χ1n) is 11.7. The minimum absolute atomic E-state index is 0.215. The monoisotopic (exact) mass is 512 g/mol. The summed E-state index contributed by atoms with van der Waals surface area (Å²) in [6.07, 6.45) is -1.13. The molecule has 2 heterocycles. The number of aromatic nitrogens is 1. The van der Waals surface area contributed by atoms with E-state index in [1.54, 1.807) is 18.2 Å². The summed E-state index contributed by atoms with van der Waals surface area (Å²) in [6.45, 7) is 2.85. The molecule has 2 aliphatic rings. The highest BCUT2D eigenvalue weighted by molar-refractivity contribution is 6.11. The predicted octanol–water partition coefficient (Wildman–Crippen LogP) is 4.44. The van der Waals surface area contributed by atoms with Gasteiger partial charge < -0.3 is 19.7 Å². The number of nitrogens with one attached hydrogen (secondary N) is 1. The average Bonchev–Trinajstić information content (AvgIpc) is 3.58. The standard InChI is InChI=1S/C26H25F3N3O3Si/c1-15-5-6-16(34-24(36)22-7-11-32(22)2)12-19(15)23(33)31-25(8-9-25)20-13-17(35-26(27,28)29)14-21-18(20)4-3-10-30-21/h3-6,10,12-14,22,24H,7-9,11H2,1-2H3,(H,31,33)/t22-,24-/m0/s1. The molecule has 1 aliphatic carbocycles. The average molecular weight is 513 g/mol. The first-order chi connectivity index (χ1) is 17.0. The highest BCUT2D eigenvalue weighted by atomic mass is 28.1. The Kier molecular flexibility index (Phi) is 6.20. The van der Waals surface area contributed by atoms with E-state index in [1.807, 2.05) is 26.1 Å². The molecule has 5 rings (SSSR count). The van der Waals surface area contributed by atoms with Crippen LogP contribution in [0.3, 0.4) is 0 Å². The normalized spacial score (nSPS) is 19.9. The van der Waals surface area contributed by atoms with Crippen LogP contribution in [0.4, 0.5) is 13.2 Å². The lowest BCUT2D eigenvalue weighted by atomic mass is 9.97. The molecule has 0 unspecified atom stereocenters. The first kappa shape index (κ1) is 24.6. The summed E-state index contributed by atoms with van der Waals surface area (Å²) in [7, 11) is 5.68. The Labute approximate surface area is 210 Å². The Hall–Kier alpha value is -3.11. The van der Waals surface area contributed by atoms with Gasteiger partial charge in [0.15, 0.2) is 0 Å². The molecule has 187 valence electrons. The van der Waals surface area contributed by atoms with Gasteiger partial charge in [0.05, 0.1) is 27.0 Å². The van der Waals surface area contributed by atoms with Gasteiger partial charge in [0.1, 0.15) is 11.5 Å². The minimum Gasteiger partial charge on any atom is -0.493 e. The topological polar surface area (TPSA) is 63.7 Å². The van der Waals surface area contributed by atoms with E-state index in [9.17, 15) is 18.0 Å². The number of amides is 1. The second-order valence-corrected chi connectivity index (χ2v) is 10.0. The van der Waals surface area contributed by atoms with E-state index >= 15 is 0 Å². The molecule has 1 N–H and O–H groups in total. The highest BCUT2D eigenvalue weighted by Gasteiger charge is 2.47. The molecule has 3 radical (unpaired) electrons. The maximum absolute atomic E-state index is 13.4. The van der Waals surface area contributed by atoms with Crippen molar-refractivity contribution < 1.29 is 27.4 Å². The largest absolute Gasteiger partial charge is 0.573 e. The maximum atomic E-state index is 13.4. The lowest BCUT2D eigenvalue weighted by Gasteiger charge is -2.41. The molecule has 0 spiro atoms. The number of likely N-dealkylation sites (tertiary alicyclic amines) is 1. The second-order valence-electron chi connectivity index (χ2n) is 9.48. The summed E-state index contributed by atoms with van der Waals surface area (Å²) < 4.78 is 49.1. The summed E-state index contributed by atoms with van der Waals surface area (Å²) in [5, 5.41) is 3.75. The van der Waals surface area contributed by atoms with Gasteiger partial charge in [0.25, 0.3) is 5.91 Å². The van der Waals surface area contributed by atoms with Gasteiger partial charge in [-0.1, -0.05) is 12.1 Å². The zero-order valence-corrected chi connectivity index (χ0v) is 20.9. The Morgan fingerprint density at radius 1 is 1.22 bits per heavy atom. The van der Waals surface area contributed by atoms with Crippen molar-refractivity contribution >= 4 is 27.1 Å². The molecule has 1 amide bonds. The number of hydrogen-bond donors (Lipinski definition) is 1. The SMILES string of the molecule is Cc1ccc(O[C@@H]([Si])[C@@H]2CCN2C)cc1C(=O)NC1(c2cc(OC(F)(F)F)cc3ncccc23)CC1. The summed E-state index contributed by atoms with van der Waals surface area (Å²) >= 11 is 0. The van der Waals surface area contributed by atoms with E-state index in [-0.39, 0.29) is 23.4 Å². The van der Waals surface area contributed by atoms with Crippen LogP contribution in [0.5, 0.6) is 11.5 Å². The van der Waals surface area contributed by atoms with E-state index < -0.39 is 11.9 Å². The Bertz CT molecular complexity index is 1310. The van der Waals surface area contributed by atoms with E-state index in [0.717, 1.165) is 18.5 Å². The number of nitrogens with zero attached hydrogens (tertiary/aromatic N) is 2. The number of carbonyl (C=O) groups is 1. The molecule has 1 aliphatic heterocycles. The van der Waals surface area contributed by atoms with Crippen LogP contribution in [-0.2, 0) is 5.54 Å². The van der Waals surface area contributed by atoms with Gasteiger partial charge in [0.2, 0.25) is 0 Å². The summed E-state index contributed by atoms with van der Waals surface area (Å²) in [5.41, 5.74) is 1.11. The lowest BCUT2D eigenvalue weighted by Crippen LogP contribution is -2.53. The maximum Gasteiger partial charge on any atom is 0.573 e. The van der Waals surface area contributed by atoms with E-state index in [0.29, 0.717) is 40.6 Å². The number of pyridine rings is 1. The van der Waals surface area contributed by atoms with Crippen LogP contribution < -0.4 is 14.8 Å². The molecule has 2 aromatic carbocycles. The highest BCUT2D eigenvalue weighted by Crippen LogP contribution is 2.49. The fraction of sp³-hybridized carbons (Fsp3) is 0.385. The zero-order valence-electron chi connectivity index (χ0n) is 19.9. The first-order valence-corrected chi connectivity index (χ1v) is 12.3. The number of fused-ring (bicyclic) bond motifs is 1. The molecule has 2 atom stereocenters. The number of carbonyl (C=O) groups excluding carboxylic acids is 1. The molecule has 36 heavy (non-hydrogen) atoms. The Morgan fingerprint density at radius 3 is 2.64 bits per heavy atom. The number of likely N-dealkylation sites (N-methyl/N-ethyl adjacent to an activating group) is 1. The van der Waals surface area contributed by atoms with Crippen molar-refractivity contribution in [2.45, 2.75) is 49.9 Å². The third kappa shape index (κ3) is 4.92. The van der Waals surface area contributed by atoms with Gasteiger partial charge in [-0.05, 0) is 75.2 Å². The summed E-state index contributed by atoms with van der Waals surface area (Å²) in [4.78, 5) is 19.8. The van der Waals surface area contributed by atoms with Crippen molar-refractivity contribution in [1.29, 1.82) is 0 Å². The van der Waals surface area contributed by atoms with Crippen LogP contribution in [0, 0.1) is 6.92 Å². The van der Waals surface area contributed by atoms with E-state index in [2.05, 4.69) is 30.2 Å². The molecule has 1 saturated carbocycles. The van der Waals surface area contributed by atoms with E-state index in [1.165, 1.54) is 18.3 Å². The van der Waals surface area contributed by atoms with Gasteiger partial charge in [-0.25, -0.2) is 0 Å². The van der Waals surface area contributed by atoms with Crippen LogP contribution in [0.2, 0.25) is 0 Å². The molecule has 10 heteroatoms. The van der Waals surface area contributed by atoms with Crippen LogP contribution in [0.25, 0.3) is 10.9 Å². The lowest BCUT2D eigenvalue weighted by molar-refractivity contribution is -0.274. The molecule has 6 nitrogen and oxygen atoms in total. The van der Waals surface area contributed by atoms with Crippen molar-refractivity contribution in [2.75, 3.05) is 13.6 Å². The smallest absolute Gasteiger partial charge is 0.493 e. The van der Waals surface area contributed by atoms with Gasteiger partial charge in [-0.15, -0.1) is 13.2 Å². The molecule has 1 aromatic heterocycles. The van der Waals surface area contributed by atoms with Crippen molar-refractivity contribution in [1.82, 2.24) is 15.2 Å². The van der Waals surface area contributed by atoms with Gasteiger partial charge in [0, 0.05) is 29.3 Å². The molecule has 1 saturated heterocycles. The fourth-order valence-electron chi connectivity index (χ4n) is 4.68. The third-order valence-electron chi connectivity index (χ3n) is 6.96. The Morgan fingerprint density at radius 2 is 2.00 bits per heavy atom. The number of ether oxygens (including phenoxy) is 2. The predicted molar refractivity (Wildman–Crippen MR) is 129 cm³/mol. The third-order valence-corrected chi connectivity index (χ3v) is 7.46. The quantitative estimate of drug-likeness (QED) is 0.475. The van der Waals surface area contributed by atoms with Crippen molar-refractivity contribution in [3.05, 3.63) is 65.4 Å². The molecular weight excluding hydrogens is 487 g/mol. The van der Waals surface area contributed by atoms with Gasteiger partial charge >= 0.3 is 6.36 Å². The fourth-order valence-corrected chi connectivity index (χ4v) is 5.24. The zero-order chi connectivity index (χ0) is 25.7. The number of benzene rings is 2. The number of halogens is 3. The van der Waals surface area contributed by atoms with Crippen molar-refractivity contribution in [2.24, 2.45) is 0 Å². The minimum atomic E-state index is -4.83. The number of alkyl halides is 3. The van der Waals surface area contributed by atoms with Crippen LogP contribution in [-0.4, -0.2) is 57.8 Å². The summed E-state index contributed by atoms with van der Waals surface area (Å²) in [6, 6.07) is 11.7. The number of hydrogen-bond acceptors (Lipinski definition) is 5. The van der Waals surface area contributed by atoms with Crippen LogP contribution in [0.1, 0.15) is 40.7 Å². The molecular formula is C26H25F3N3O3Si. The molecule has 3 aromatic rings. The Balaban J connectivity index is 1.42. The van der Waals surface area contributed by atoms with Crippen molar-refractivity contribution in [3.8, 4) is 11.5 Å². The molecule has 0 bridgehead atoms. The number of rotatable bonds is 7. The van der Waals surface area contributed by atoms with Crippen LogP contribution >= 0.6 is 0 Å².